The van der Waals surface area contributed by atoms with Crippen LogP contribution in [0.4, 0.5) is 5.13 Å². The molecule has 1 aliphatic carbocycles. The molecule has 15 nitrogen and oxygen atoms in total. The Morgan fingerprint density at radius 1 is 1.24 bits per heavy atom. The summed E-state index contributed by atoms with van der Waals surface area (Å²) in [6, 6.07) is 3.33. The topological polar surface area (TPSA) is 227 Å². The van der Waals surface area contributed by atoms with E-state index in [4.69, 9.17) is 10.6 Å². The molecule has 5 rings (SSSR count). The van der Waals surface area contributed by atoms with E-state index < -0.39 is 51.9 Å². The number of nitrogens with two attached hydrogens (primary N) is 1. The number of oxime groups is 1. The average Bonchev–Trinajstić information content (AvgIpc) is 3.41. The number of phenols is 1. The molecule has 1 saturated heterocycles. The molecule has 1 fully saturated rings. The number of fused-ring (bicyclic) bond motifs is 2. The number of pyridine rings is 1. The number of amides is 2. The zero-order chi connectivity index (χ0) is 32.6. The lowest BCUT2D eigenvalue weighted by Crippen LogP contribution is -2.71. The largest absolute Gasteiger partial charge is 0.504 e. The summed E-state index contributed by atoms with van der Waals surface area (Å²) in [5.41, 5.74) is 4.51. The van der Waals surface area contributed by atoms with E-state index in [-0.39, 0.29) is 28.0 Å². The summed E-state index contributed by atoms with van der Waals surface area (Å²) in [6.07, 6.45) is 6.80. The van der Waals surface area contributed by atoms with E-state index >= 15 is 0 Å². The number of carboxylic acid groups (broad SMARTS) is 2. The number of carboxylic acids is 2. The third kappa shape index (κ3) is 6.25. The van der Waals surface area contributed by atoms with Gasteiger partial charge in [0.25, 0.3) is 11.8 Å². The van der Waals surface area contributed by atoms with Crippen LogP contribution < -0.4 is 16.5 Å². The molecule has 0 spiro atoms. The van der Waals surface area contributed by atoms with Gasteiger partial charge in [-0.25, -0.2) is 14.6 Å². The molecule has 234 valence electrons. The Hall–Kier alpha value is -5.16. The molecule has 4 aliphatic rings. The monoisotopic (exact) mass is 654 g/mol. The van der Waals surface area contributed by atoms with E-state index in [1.807, 2.05) is 0 Å². The Morgan fingerprint density at radius 3 is 2.67 bits per heavy atom. The van der Waals surface area contributed by atoms with Crippen LogP contribution in [-0.4, -0.2) is 82.0 Å². The molecule has 2 amide bonds. The summed E-state index contributed by atoms with van der Waals surface area (Å²) in [6.45, 7) is 2.80. The normalized spacial score (nSPS) is 18.6. The van der Waals surface area contributed by atoms with Gasteiger partial charge in [-0.05, 0) is 43.2 Å². The van der Waals surface area contributed by atoms with Gasteiger partial charge in [0.2, 0.25) is 11.0 Å². The van der Waals surface area contributed by atoms with Crippen molar-refractivity contribution in [3.05, 3.63) is 75.3 Å². The number of aromatic nitrogens is 2. The van der Waals surface area contributed by atoms with Crippen molar-refractivity contribution in [1.29, 1.82) is 0 Å². The van der Waals surface area contributed by atoms with Crippen LogP contribution in [0.2, 0.25) is 0 Å². The predicted octanol–water partition coefficient (Wildman–Crippen LogP) is 1.28. The fourth-order valence-corrected chi connectivity index (χ4v) is 6.33. The number of hydrogen-bond donors (Lipinski definition) is 5. The van der Waals surface area contributed by atoms with Crippen LogP contribution in [0.5, 0.6) is 5.75 Å². The molecule has 6 N–H and O–H groups in total. The Bertz CT molecular complexity index is 1840. The van der Waals surface area contributed by atoms with Crippen LogP contribution in [0.1, 0.15) is 19.5 Å². The first-order chi connectivity index (χ1) is 21.3. The average molecular weight is 655 g/mol. The number of allylic oxidation sites excluding steroid dienone is 2. The van der Waals surface area contributed by atoms with Crippen LogP contribution in [0.3, 0.4) is 0 Å². The number of aromatic hydroxyl groups is 1. The maximum atomic E-state index is 13.2. The molecule has 2 unspecified atom stereocenters. The fraction of sp³-hybridized carbons (Fsp3) is 0.250. The molecule has 1 aromatic heterocycles. The smallest absolute Gasteiger partial charge is 0.352 e. The van der Waals surface area contributed by atoms with Gasteiger partial charge in [-0.2, -0.15) is 0 Å². The van der Waals surface area contributed by atoms with Crippen molar-refractivity contribution in [2.24, 2.45) is 5.16 Å². The molecule has 0 aromatic carbocycles. The van der Waals surface area contributed by atoms with Crippen molar-refractivity contribution in [3.8, 4) is 16.9 Å². The summed E-state index contributed by atoms with van der Waals surface area (Å²) in [7, 11) is 0. The van der Waals surface area contributed by atoms with Crippen molar-refractivity contribution in [2.45, 2.75) is 37.4 Å². The van der Waals surface area contributed by atoms with Gasteiger partial charge >= 0.3 is 11.9 Å². The molecular weight excluding hydrogens is 628 g/mol. The van der Waals surface area contributed by atoms with Crippen molar-refractivity contribution >= 4 is 57.7 Å². The number of thioether (sulfide) groups is 1. The quantitative estimate of drug-likeness (QED) is 0.118. The maximum absolute atomic E-state index is 13.2. The minimum atomic E-state index is -1.78. The van der Waals surface area contributed by atoms with Gasteiger partial charge in [0.05, 0.1) is 0 Å². The van der Waals surface area contributed by atoms with Crippen LogP contribution in [0.15, 0.2) is 69.3 Å². The van der Waals surface area contributed by atoms with E-state index in [1.165, 1.54) is 43.1 Å². The number of anilines is 1. The van der Waals surface area contributed by atoms with E-state index in [9.17, 15) is 39.3 Å². The number of β-lactam (4-membered cyclic amide) rings is 1. The highest BCUT2D eigenvalue weighted by atomic mass is 32.2. The number of hydrogen-bond acceptors (Lipinski definition) is 12. The van der Waals surface area contributed by atoms with Gasteiger partial charge in [-0.1, -0.05) is 17.3 Å². The minimum Gasteiger partial charge on any atom is -0.504 e. The maximum Gasteiger partial charge on any atom is 0.352 e. The first-order valence-electron chi connectivity index (χ1n) is 13.2. The van der Waals surface area contributed by atoms with Crippen molar-refractivity contribution < 1.29 is 39.3 Å². The zero-order valence-electron chi connectivity index (χ0n) is 23.7. The third-order valence-electron chi connectivity index (χ3n) is 6.90. The van der Waals surface area contributed by atoms with Crippen LogP contribution in [-0.2, 0) is 30.6 Å². The Morgan fingerprint density at radius 2 is 2.00 bits per heavy atom. The van der Waals surface area contributed by atoms with Gasteiger partial charge in [-0.3, -0.25) is 19.3 Å². The first kappa shape index (κ1) is 31.3. The number of thiazole rings is 1. The van der Waals surface area contributed by atoms with Crippen LogP contribution >= 0.6 is 23.1 Å². The standard InChI is InChI=1S/C28H26N6O9S2/c1-28(2,26(41)42)43-32-19(16-12-45-27(29)30-16)22(37)31-20-23(38)34-21(25(39)40)14(11-44-24(20)34)4-3-6-33-7-5-13-8-17(35)18(36)9-15(13)10-33/h3-5,7-10,12,20,24,36H,6,11H2,1-2H3,(H2,29,30)(H,31,37)(H,39,40)(H,41,42)/b4-3+,32-19-. The SMILES string of the molecule is CC(C)(O/N=C(\C(=O)NC1C(=O)N2C(C(=O)O)=C(/C=C/Cn3ccc4cc(=O)c(O)cc-4c3)CSC12)c1csc(N)n1)C(=O)O. The van der Waals surface area contributed by atoms with E-state index in [2.05, 4.69) is 15.5 Å². The van der Waals surface area contributed by atoms with Crippen LogP contribution in [0, 0.1) is 0 Å². The number of rotatable bonds is 10. The predicted molar refractivity (Wildman–Crippen MR) is 164 cm³/mol. The molecular formula is C28H26N6O9S2. The molecule has 0 radical (unpaired) electrons. The van der Waals surface area contributed by atoms with Crippen molar-refractivity contribution in [3.63, 3.8) is 0 Å². The second-order valence-electron chi connectivity index (χ2n) is 10.5. The van der Waals surface area contributed by atoms with E-state index in [0.29, 0.717) is 23.2 Å². The van der Waals surface area contributed by atoms with Gasteiger partial charge < -0.3 is 35.8 Å². The van der Waals surface area contributed by atoms with Gasteiger partial charge in [0.1, 0.15) is 22.8 Å². The number of nitrogens with one attached hydrogen (secondary N) is 1. The van der Waals surface area contributed by atoms with Gasteiger partial charge in [0, 0.05) is 35.6 Å². The first-order valence-corrected chi connectivity index (χ1v) is 15.1. The van der Waals surface area contributed by atoms with E-state index in [1.54, 1.807) is 35.2 Å². The Balaban J connectivity index is 1.32. The second kappa shape index (κ2) is 12.1. The molecule has 2 atom stereocenters. The number of nitrogen functional groups attached to an aromatic ring is 1. The van der Waals surface area contributed by atoms with Crippen molar-refractivity contribution in [1.82, 2.24) is 19.8 Å². The Kier molecular flexibility index (Phi) is 8.40. The van der Waals surface area contributed by atoms with Crippen molar-refractivity contribution in [2.75, 3.05) is 11.5 Å². The molecule has 4 heterocycles. The molecule has 45 heavy (non-hydrogen) atoms. The number of nitrogens with zero attached hydrogens (tertiary/aromatic N) is 4. The number of benzene rings is 1. The molecule has 3 aliphatic heterocycles. The number of phenolic OH excluding ortho intramolecular Hbond substituents is 1. The summed E-state index contributed by atoms with van der Waals surface area (Å²) in [5, 5.41) is 36.1. The lowest BCUT2D eigenvalue weighted by atomic mass is 10.0. The summed E-state index contributed by atoms with van der Waals surface area (Å²) in [4.78, 5) is 72.0. The number of carbonyl (C=O) groups excluding carboxylic acids is 2. The number of carbonyl (C=O) groups is 4. The second-order valence-corrected chi connectivity index (χ2v) is 12.4. The summed E-state index contributed by atoms with van der Waals surface area (Å²) in [5.74, 6) is -4.33. The van der Waals surface area contributed by atoms with Gasteiger partial charge in [0.15, 0.2) is 16.6 Å². The fourth-order valence-electron chi connectivity index (χ4n) is 4.46. The molecule has 17 heteroatoms. The zero-order valence-corrected chi connectivity index (χ0v) is 25.3. The number of aliphatic carboxylic acids is 2. The van der Waals surface area contributed by atoms with Gasteiger partial charge in [-0.15, -0.1) is 23.1 Å². The third-order valence-corrected chi connectivity index (χ3v) is 8.87. The van der Waals surface area contributed by atoms with E-state index in [0.717, 1.165) is 16.2 Å². The molecule has 0 saturated carbocycles. The Labute approximate surface area is 262 Å². The summed E-state index contributed by atoms with van der Waals surface area (Å²) < 4.78 is 1.78. The highest BCUT2D eigenvalue weighted by molar-refractivity contribution is 8.00. The minimum absolute atomic E-state index is 0.00546. The molecule has 0 bridgehead atoms. The lowest BCUT2D eigenvalue weighted by Gasteiger charge is -2.49. The van der Waals surface area contributed by atoms with Crippen LogP contribution in [0.25, 0.3) is 11.1 Å². The highest BCUT2D eigenvalue weighted by Crippen LogP contribution is 2.40. The molecule has 1 aromatic rings. The highest BCUT2D eigenvalue weighted by Gasteiger charge is 2.54. The lowest BCUT2D eigenvalue weighted by molar-refractivity contribution is -0.161. The summed E-state index contributed by atoms with van der Waals surface area (Å²) >= 11 is 2.26.